The van der Waals surface area contributed by atoms with Gasteiger partial charge in [-0.1, -0.05) is 11.6 Å². The average molecular weight is 235 g/mol. The lowest BCUT2D eigenvalue weighted by Gasteiger charge is -2.03. The fourth-order valence-corrected chi connectivity index (χ4v) is 1.31. The Hall–Kier alpha value is -0.210. The molecule has 1 N–H and O–H groups in total. The van der Waals surface area contributed by atoms with Gasteiger partial charge in [0.05, 0.1) is 5.02 Å². The zero-order chi connectivity index (χ0) is 8.27. The van der Waals surface area contributed by atoms with E-state index < -0.39 is 0 Å². The van der Waals surface area contributed by atoms with Gasteiger partial charge in [-0.25, -0.2) is 0 Å². The second-order valence-electron chi connectivity index (χ2n) is 2.16. The van der Waals surface area contributed by atoms with Gasteiger partial charge in [0.25, 0.3) is 0 Å². The van der Waals surface area contributed by atoms with Gasteiger partial charge in [-0.05, 0) is 41.1 Å². The van der Waals surface area contributed by atoms with Crippen molar-refractivity contribution in [1.82, 2.24) is 0 Å². The first-order chi connectivity index (χ1) is 5.24. The van der Waals surface area contributed by atoms with Gasteiger partial charge >= 0.3 is 0 Å². The predicted molar refractivity (Wildman–Crippen MR) is 53.3 cm³/mol. The fraction of sp³-hybridized carbons (Fsp3) is 0.250. The van der Waals surface area contributed by atoms with Crippen LogP contribution in [-0.4, -0.2) is 6.54 Å². The third-order valence-corrected chi connectivity index (χ3v) is 2.51. The number of nitrogens with one attached hydrogen (secondary N) is 1. The molecule has 0 aromatic heterocycles. The first-order valence-electron chi connectivity index (χ1n) is 3.43. The quantitative estimate of drug-likeness (QED) is 0.825. The molecule has 0 bridgehead atoms. The number of rotatable bonds is 2. The Morgan fingerprint density at radius 2 is 2.27 bits per heavy atom. The van der Waals surface area contributed by atoms with Crippen LogP contribution in [0.3, 0.4) is 0 Å². The molecule has 0 aliphatic rings. The summed E-state index contributed by atoms with van der Waals surface area (Å²) in [4.78, 5) is 0. The second-order valence-corrected chi connectivity index (χ2v) is 3.42. The van der Waals surface area contributed by atoms with E-state index in [9.17, 15) is 0 Å². The molecule has 0 unspecified atom stereocenters. The Balaban J connectivity index is 2.86. The molecular formula is C8H9BrClN. The lowest BCUT2D eigenvalue weighted by molar-refractivity contribution is 1.21. The van der Waals surface area contributed by atoms with E-state index in [-0.39, 0.29) is 0 Å². The molecule has 0 amide bonds. The minimum atomic E-state index is 0.742. The first-order valence-corrected chi connectivity index (χ1v) is 4.60. The van der Waals surface area contributed by atoms with Crippen molar-refractivity contribution in [1.29, 1.82) is 0 Å². The third-order valence-electron chi connectivity index (χ3n) is 1.30. The maximum Gasteiger partial charge on any atom is 0.0549 e. The molecule has 0 heterocycles. The van der Waals surface area contributed by atoms with Crippen molar-refractivity contribution in [2.75, 3.05) is 11.9 Å². The highest BCUT2D eigenvalue weighted by molar-refractivity contribution is 9.10. The molecular weight excluding hydrogens is 225 g/mol. The number of anilines is 1. The molecule has 3 heteroatoms. The van der Waals surface area contributed by atoms with Crippen LogP contribution in [0.25, 0.3) is 0 Å². The summed E-state index contributed by atoms with van der Waals surface area (Å²) in [5.74, 6) is 0. The van der Waals surface area contributed by atoms with Gasteiger partial charge in [0.2, 0.25) is 0 Å². The topological polar surface area (TPSA) is 12.0 Å². The number of benzene rings is 1. The molecule has 1 nitrogen and oxygen atoms in total. The van der Waals surface area contributed by atoms with Crippen molar-refractivity contribution in [2.24, 2.45) is 0 Å². The van der Waals surface area contributed by atoms with E-state index >= 15 is 0 Å². The Kier molecular flexibility index (Phi) is 3.21. The summed E-state index contributed by atoms with van der Waals surface area (Å²) in [6.45, 7) is 2.98. The fourth-order valence-electron chi connectivity index (χ4n) is 0.810. The summed E-state index contributed by atoms with van der Waals surface area (Å²) in [7, 11) is 0. The smallest absolute Gasteiger partial charge is 0.0549 e. The van der Waals surface area contributed by atoms with E-state index in [1.807, 2.05) is 18.2 Å². The highest BCUT2D eigenvalue weighted by atomic mass is 79.9. The summed E-state index contributed by atoms with van der Waals surface area (Å²) in [6.07, 6.45) is 0. The van der Waals surface area contributed by atoms with Crippen LogP contribution in [0.1, 0.15) is 6.92 Å². The second kappa shape index (κ2) is 3.98. The van der Waals surface area contributed by atoms with Crippen LogP contribution in [0.5, 0.6) is 0 Å². The van der Waals surface area contributed by atoms with E-state index in [1.165, 1.54) is 0 Å². The zero-order valence-corrected chi connectivity index (χ0v) is 8.54. The molecule has 0 spiro atoms. The maximum absolute atomic E-state index is 5.81. The van der Waals surface area contributed by atoms with Crippen molar-refractivity contribution in [3.8, 4) is 0 Å². The van der Waals surface area contributed by atoms with Gasteiger partial charge in [0, 0.05) is 16.7 Å². The molecule has 11 heavy (non-hydrogen) atoms. The summed E-state index contributed by atoms with van der Waals surface area (Å²) < 4.78 is 0.928. The first kappa shape index (κ1) is 8.88. The van der Waals surface area contributed by atoms with Gasteiger partial charge < -0.3 is 5.32 Å². The minimum absolute atomic E-state index is 0.742. The van der Waals surface area contributed by atoms with Gasteiger partial charge in [-0.2, -0.15) is 0 Å². The van der Waals surface area contributed by atoms with Crippen LogP contribution in [0.15, 0.2) is 22.7 Å². The molecule has 0 saturated carbocycles. The van der Waals surface area contributed by atoms with Crippen LogP contribution >= 0.6 is 27.5 Å². The minimum Gasteiger partial charge on any atom is -0.385 e. The highest BCUT2D eigenvalue weighted by Crippen LogP contribution is 2.25. The highest BCUT2D eigenvalue weighted by Gasteiger charge is 1.96. The average Bonchev–Trinajstić information content (AvgIpc) is 1.98. The summed E-state index contributed by atoms with van der Waals surface area (Å²) >= 11 is 9.15. The molecule has 1 rings (SSSR count). The standard InChI is InChI=1S/C8H9BrClN/c1-2-11-6-3-4-8(10)7(9)5-6/h3-5,11H,2H2,1H3. The lowest BCUT2D eigenvalue weighted by atomic mass is 10.3. The Morgan fingerprint density at radius 1 is 1.55 bits per heavy atom. The van der Waals surface area contributed by atoms with Crippen molar-refractivity contribution < 1.29 is 0 Å². The van der Waals surface area contributed by atoms with Crippen molar-refractivity contribution >= 4 is 33.2 Å². The largest absolute Gasteiger partial charge is 0.385 e. The normalized spacial score (nSPS) is 9.73. The summed E-state index contributed by atoms with van der Waals surface area (Å²) in [6, 6.07) is 5.78. The van der Waals surface area contributed by atoms with E-state index in [1.54, 1.807) is 0 Å². The lowest BCUT2D eigenvalue weighted by Crippen LogP contribution is -1.95. The molecule has 0 aliphatic heterocycles. The molecule has 0 saturated heterocycles. The molecule has 1 aromatic rings. The van der Waals surface area contributed by atoms with Crippen LogP contribution in [0.4, 0.5) is 5.69 Å². The van der Waals surface area contributed by atoms with E-state index in [4.69, 9.17) is 11.6 Å². The number of hydrogen-bond donors (Lipinski definition) is 1. The van der Waals surface area contributed by atoms with Gasteiger partial charge in [0.1, 0.15) is 0 Å². The van der Waals surface area contributed by atoms with Crippen LogP contribution in [-0.2, 0) is 0 Å². The predicted octanol–water partition coefficient (Wildman–Crippen LogP) is 3.53. The number of hydrogen-bond acceptors (Lipinski definition) is 1. The Morgan fingerprint density at radius 3 is 2.82 bits per heavy atom. The van der Waals surface area contributed by atoms with E-state index in [0.29, 0.717) is 0 Å². The molecule has 0 aliphatic carbocycles. The van der Waals surface area contributed by atoms with Crippen molar-refractivity contribution in [3.05, 3.63) is 27.7 Å². The van der Waals surface area contributed by atoms with Crippen molar-refractivity contribution in [3.63, 3.8) is 0 Å². The SMILES string of the molecule is CCNc1ccc(Cl)c(Br)c1. The van der Waals surface area contributed by atoms with Crippen LogP contribution in [0, 0.1) is 0 Å². The van der Waals surface area contributed by atoms with Gasteiger partial charge in [-0.3, -0.25) is 0 Å². The van der Waals surface area contributed by atoms with Crippen LogP contribution in [0.2, 0.25) is 5.02 Å². The summed E-state index contributed by atoms with van der Waals surface area (Å²) in [5.41, 5.74) is 1.09. The van der Waals surface area contributed by atoms with Gasteiger partial charge in [-0.15, -0.1) is 0 Å². The van der Waals surface area contributed by atoms with E-state index in [2.05, 4.69) is 28.2 Å². The molecule has 0 fully saturated rings. The monoisotopic (exact) mass is 233 g/mol. The molecule has 0 radical (unpaired) electrons. The molecule has 0 atom stereocenters. The number of halogens is 2. The van der Waals surface area contributed by atoms with Crippen LogP contribution < -0.4 is 5.32 Å². The van der Waals surface area contributed by atoms with Crippen molar-refractivity contribution in [2.45, 2.75) is 6.92 Å². The molecule has 1 aromatic carbocycles. The van der Waals surface area contributed by atoms with Gasteiger partial charge in [0.15, 0.2) is 0 Å². The Labute approximate surface area is 79.9 Å². The molecule has 60 valence electrons. The maximum atomic E-state index is 5.81. The summed E-state index contributed by atoms with van der Waals surface area (Å²) in [5, 5.41) is 3.93. The Bertz CT molecular complexity index is 250. The third kappa shape index (κ3) is 2.38. The zero-order valence-electron chi connectivity index (χ0n) is 6.20. The van der Waals surface area contributed by atoms with E-state index in [0.717, 1.165) is 21.7 Å².